The summed E-state index contributed by atoms with van der Waals surface area (Å²) in [4.78, 5) is 34.5. The van der Waals surface area contributed by atoms with Crippen molar-refractivity contribution < 1.29 is 9.72 Å². The molecule has 1 N–H and O–H groups in total. The Hall–Kier alpha value is -3.21. The van der Waals surface area contributed by atoms with E-state index in [9.17, 15) is 14.9 Å². The van der Waals surface area contributed by atoms with Crippen molar-refractivity contribution in [3.8, 4) is 0 Å². The number of aromatic nitrogens is 4. The van der Waals surface area contributed by atoms with Gasteiger partial charge in [0.05, 0.1) is 23.1 Å². The first kappa shape index (κ1) is 20.1. The Morgan fingerprint density at radius 2 is 2.03 bits per heavy atom. The number of rotatable bonds is 7. The van der Waals surface area contributed by atoms with Crippen LogP contribution in [0.3, 0.4) is 0 Å². The predicted molar refractivity (Wildman–Crippen MR) is 114 cm³/mol. The van der Waals surface area contributed by atoms with E-state index in [4.69, 9.17) is 0 Å². The number of nitro benzene ring substituents is 1. The zero-order valence-corrected chi connectivity index (χ0v) is 17.3. The van der Waals surface area contributed by atoms with Gasteiger partial charge in [-0.05, 0) is 25.2 Å². The van der Waals surface area contributed by atoms with E-state index in [1.807, 2.05) is 6.26 Å². The van der Waals surface area contributed by atoms with E-state index in [0.29, 0.717) is 11.7 Å². The summed E-state index contributed by atoms with van der Waals surface area (Å²) in [6.07, 6.45) is 5.98. The number of amides is 1. The van der Waals surface area contributed by atoms with Crippen molar-refractivity contribution in [2.24, 2.45) is 0 Å². The molecule has 1 fully saturated rings. The van der Waals surface area contributed by atoms with E-state index >= 15 is 0 Å². The van der Waals surface area contributed by atoms with Crippen LogP contribution in [-0.4, -0.2) is 56.5 Å². The van der Waals surface area contributed by atoms with E-state index in [1.165, 1.54) is 30.0 Å². The van der Waals surface area contributed by atoms with Crippen LogP contribution in [0.25, 0.3) is 11.0 Å². The van der Waals surface area contributed by atoms with Crippen molar-refractivity contribution in [1.82, 2.24) is 25.1 Å². The van der Waals surface area contributed by atoms with Crippen molar-refractivity contribution in [3.05, 3.63) is 46.1 Å². The molecule has 1 aliphatic rings. The van der Waals surface area contributed by atoms with Gasteiger partial charge in [-0.25, -0.2) is 14.6 Å². The van der Waals surface area contributed by atoms with Crippen molar-refractivity contribution in [2.75, 3.05) is 30.8 Å². The molecule has 0 radical (unpaired) electrons. The Balaban J connectivity index is 1.51. The highest BCUT2D eigenvalue weighted by Crippen LogP contribution is 2.28. The highest BCUT2D eigenvalue weighted by Gasteiger charge is 2.21. The average Bonchev–Trinajstić information content (AvgIpc) is 3.43. The summed E-state index contributed by atoms with van der Waals surface area (Å²) in [5.41, 5.74) is 0.541. The smallest absolute Gasteiger partial charge is 0.282 e. The summed E-state index contributed by atoms with van der Waals surface area (Å²) in [6, 6.07) is 5.89. The average molecular weight is 427 g/mol. The molecule has 0 saturated carbocycles. The van der Waals surface area contributed by atoms with E-state index in [2.05, 4.69) is 25.3 Å². The normalized spacial score (nSPS) is 13.7. The number of anilines is 1. The van der Waals surface area contributed by atoms with Gasteiger partial charge in [-0.3, -0.25) is 14.9 Å². The van der Waals surface area contributed by atoms with Crippen LogP contribution in [0.5, 0.6) is 0 Å². The first-order chi connectivity index (χ1) is 14.6. The minimum Gasteiger partial charge on any atom is -0.356 e. The van der Waals surface area contributed by atoms with Crippen molar-refractivity contribution >= 4 is 40.2 Å². The molecule has 1 aromatic carbocycles. The third-order valence-corrected chi connectivity index (χ3v) is 5.55. The molecule has 3 aromatic rings. The van der Waals surface area contributed by atoms with Crippen LogP contribution >= 0.6 is 11.8 Å². The molecule has 1 saturated heterocycles. The number of benzene rings is 1. The Morgan fingerprint density at radius 3 is 2.77 bits per heavy atom. The van der Waals surface area contributed by atoms with E-state index in [1.54, 1.807) is 16.9 Å². The molecule has 1 amide bonds. The number of para-hydroxylation sites is 1. The summed E-state index contributed by atoms with van der Waals surface area (Å²) < 4.78 is 1.73. The maximum absolute atomic E-state index is 12.4. The highest BCUT2D eigenvalue weighted by molar-refractivity contribution is 7.98. The van der Waals surface area contributed by atoms with Gasteiger partial charge in [0.1, 0.15) is 11.4 Å². The first-order valence-corrected chi connectivity index (χ1v) is 10.8. The van der Waals surface area contributed by atoms with Crippen LogP contribution in [-0.2, 0) is 6.54 Å². The largest absolute Gasteiger partial charge is 0.356 e. The van der Waals surface area contributed by atoms with Crippen LogP contribution in [0.4, 0.5) is 11.5 Å². The van der Waals surface area contributed by atoms with Crippen LogP contribution in [0.15, 0.2) is 35.6 Å². The zero-order valence-electron chi connectivity index (χ0n) is 16.4. The molecule has 0 unspecified atom stereocenters. The Labute approximate surface area is 176 Å². The second kappa shape index (κ2) is 8.66. The van der Waals surface area contributed by atoms with Gasteiger partial charge in [0, 0.05) is 25.7 Å². The molecule has 0 spiro atoms. The number of nitro groups is 1. The number of hydrogen-bond donors (Lipinski definition) is 1. The number of carbonyl (C=O) groups is 1. The topological polar surface area (TPSA) is 119 Å². The lowest BCUT2D eigenvalue weighted by atomic mass is 10.1. The molecule has 4 rings (SSSR count). The lowest BCUT2D eigenvalue weighted by molar-refractivity contribution is -0.385. The van der Waals surface area contributed by atoms with Crippen LogP contribution in [0.2, 0.25) is 0 Å². The molecular formula is C19H21N7O3S. The Morgan fingerprint density at radius 1 is 1.27 bits per heavy atom. The maximum Gasteiger partial charge on any atom is 0.282 e. The van der Waals surface area contributed by atoms with E-state index in [-0.39, 0.29) is 17.8 Å². The lowest BCUT2D eigenvalue weighted by Crippen LogP contribution is -2.28. The van der Waals surface area contributed by atoms with Crippen LogP contribution < -0.4 is 10.2 Å². The monoisotopic (exact) mass is 427 g/mol. The van der Waals surface area contributed by atoms with E-state index in [0.717, 1.165) is 42.8 Å². The Kier molecular flexibility index (Phi) is 5.79. The van der Waals surface area contributed by atoms with Crippen molar-refractivity contribution in [1.29, 1.82) is 0 Å². The molecule has 11 heteroatoms. The molecular weight excluding hydrogens is 406 g/mol. The second-order valence-corrected chi connectivity index (χ2v) is 7.64. The third-order valence-electron chi connectivity index (χ3n) is 5.00. The summed E-state index contributed by atoms with van der Waals surface area (Å²) in [6.45, 7) is 2.59. The molecule has 30 heavy (non-hydrogen) atoms. The molecule has 156 valence electrons. The first-order valence-electron chi connectivity index (χ1n) is 9.62. The third kappa shape index (κ3) is 3.92. The summed E-state index contributed by atoms with van der Waals surface area (Å²) in [5.74, 6) is 0.410. The fraction of sp³-hybridized carbons (Fsp3) is 0.368. The summed E-state index contributed by atoms with van der Waals surface area (Å²) in [5, 5.41) is 19.9. The molecule has 0 aliphatic carbocycles. The molecule has 1 aliphatic heterocycles. The van der Waals surface area contributed by atoms with Gasteiger partial charge in [0.25, 0.3) is 11.6 Å². The van der Waals surface area contributed by atoms with Crippen molar-refractivity contribution in [3.63, 3.8) is 0 Å². The molecule has 0 bridgehead atoms. The van der Waals surface area contributed by atoms with Gasteiger partial charge >= 0.3 is 0 Å². The number of thioether (sulfide) groups is 1. The molecule has 0 atom stereocenters. The highest BCUT2D eigenvalue weighted by atomic mass is 32.2. The van der Waals surface area contributed by atoms with Gasteiger partial charge in [0.2, 0.25) is 0 Å². The van der Waals surface area contributed by atoms with Gasteiger partial charge in [-0.15, -0.1) is 0 Å². The summed E-state index contributed by atoms with van der Waals surface area (Å²) in [7, 11) is 0. The Bertz CT molecular complexity index is 1090. The quantitative estimate of drug-likeness (QED) is 0.264. The van der Waals surface area contributed by atoms with Crippen LogP contribution in [0, 0.1) is 10.1 Å². The standard InChI is InChI=1S/C19H21N7O3S/c1-30-19-22-16(24-9-4-5-10-24)14-12-21-25(17(14)23-19)11-8-20-18(27)13-6-2-3-7-15(13)26(28)29/h2-3,6-7,12H,4-5,8-11H2,1H3,(H,20,27). The molecule has 10 nitrogen and oxygen atoms in total. The number of nitrogens with one attached hydrogen (secondary N) is 1. The van der Waals surface area contributed by atoms with Gasteiger partial charge in [-0.2, -0.15) is 5.10 Å². The summed E-state index contributed by atoms with van der Waals surface area (Å²) >= 11 is 1.48. The number of carbonyl (C=O) groups excluding carboxylic acids is 1. The van der Waals surface area contributed by atoms with E-state index < -0.39 is 10.8 Å². The zero-order chi connectivity index (χ0) is 21.1. The minimum atomic E-state index is -0.559. The number of nitrogens with zero attached hydrogens (tertiary/aromatic N) is 6. The van der Waals surface area contributed by atoms with Gasteiger partial charge in [0.15, 0.2) is 10.8 Å². The fourth-order valence-electron chi connectivity index (χ4n) is 3.54. The maximum atomic E-state index is 12.4. The molecule has 3 heterocycles. The predicted octanol–water partition coefficient (Wildman–Crippen LogP) is 2.49. The number of fused-ring (bicyclic) bond motifs is 1. The van der Waals surface area contributed by atoms with Gasteiger partial charge < -0.3 is 10.2 Å². The fourth-order valence-corrected chi connectivity index (χ4v) is 3.90. The van der Waals surface area contributed by atoms with Crippen LogP contribution in [0.1, 0.15) is 23.2 Å². The van der Waals surface area contributed by atoms with Crippen molar-refractivity contribution in [2.45, 2.75) is 24.5 Å². The lowest BCUT2D eigenvalue weighted by Gasteiger charge is -2.17. The SMILES string of the molecule is CSc1nc(N2CCCC2)c2cnn(CCNC(=O)c3ccccc3[N+](=O)[O-])c2n1. The van der Waals surface area contributed by atoms with Gasteiger partial charge in [-0.1, -0.05) is 23.9 Å². The molecule has 2 aromatic heterocycles. The minimum absolute atomic E-state index is 0.0381. The number of hydrogen-bond acceptors (Lipinski definition) is 8. The second-order valence-electron chi connectivity index (χ2n) is 6.86.